The molecular formula is C20H20N2O7. The van der Waals surface area contributed by atoms with Crippen LogP contribution in [0, 0.1) is 0 Å². The highest BCUT2D eigenvalue weighted by Crippen LogP contribution is 2.11. The Morgan fingerprint density at radius 1 is 0.862 bits per heavy atom. The highest BCUT2D eigenvalue weighted by Gasteiger charge is 2.42. The molecule has 3 N–H and O–H groups in total. The molecule has 0 aliphatic heterocycles. The lowest BCUT2D eigenvalue weighted by Crippen LogP contribution is -2.55. The van der Waals surface area contributed by atoms with Crippen molar-refractivity contribution < 1.29 is 33.8 Å². The number of amides is 2. The molecular weight excluding hydrogens is 380 g/mol. The van der Waals surface area contributed by atoms with Crippen molar-refractivity contribution in [1.29, 1.82) is 0 Å². The molecule has 0 saturated heterocycles. The molecule has 2 amide bonds. The molecule has 0 aliphatic rings. The average Bonchev–Trinajstić information content (AvgIpc) is 2.74. The molecule has 2 aromatic carbocycles. The predicted octanol–water partition coefficient (Wildman–Crippen LogP) is 1.31. The first-order chi connectivity index (χ1) is 13.9. The molecule has 9 nitrogen and oxygen atoms in total. The third kappa shape index (κ3) is 6.15. The van der Waals surface area contributed by atoms with Crippen LogP contribution in [-0.4, -0.2) is 46.5 Å². The summed E-state index contributed by atoms with van der Waals surface area (Å²) in [6.45, 7) is -1.15. The number of carboxylic acid groups (broad SMARTS) is 1. The fourth-order valence-corrected chi connectivity index (χ4v) is 2.36. The van der Waals surface area contributed by atoms with E-state index in [9.17, 15) is 24.3 Å². The number of nitrogens with zero attached hydrogens (tertiary/aromatic N) is 1. The molecule has 2 aromatic rings. The number of imide groups is 1. The molecule has 0 bridgehead atoms. The summed E-state index contributed by atoms with van der Waals surface area (Å²) in [6.07, 6.45) is -1.31. The van der Waals surface area contributed by atoms with Crippen LogP contribution in [0.4, 0.5) is 4.79 Å². The molecule has 0 aromatic heterocycles. The third-order valence-electron chi connectivity index (χ3n) is 3.78. The number of benzene rings is 2. The van der Waals surface area contributed by atoms with Gasteiger partial charge >= 0.3 is 18.0 Å². The number of hydrogen-bond donors (Lipinski definition) is 2. The summed E-state index contributed by atoms with van der Waals surface area (Å²) in [7, 11) is 0. The van der Waals surface area contributed by atoms with Crippen molar-refractivity contribution in [3.63, 3.8) is 0 Å². The number of carboxylic acids is 1. The first-order valence-electron chi connectivity index (χ1n) is 8.60. The van der Waals surface area contributed by atoms with Crippen molar-refractivity contribution in [2.24, 2.45) is 5.73 Å². The Labute approximate surface area is 166 Å². The number of esters is 1. The summed E-state index contributed by atoms with van der Waals surface area (Å²) in [5, 5.41) is 9.45. The SMILES string of the molecule is NCC(=O)N(C(=O)OCc1ccccc1)C(C(=O)O)C(=O)OCc1ccccc1. The Morgan fingerprint density at radius 3 is 1.79 bits per heavy atom. The second-order valence-corrected chi connectivity index (χ2v) is 5.84. The molecule has 0 fully saturated rings. The zero-order valence-electron chi connectivity index (χ0n) is 15.4. The zero-order valence-corrected chi connectivity index (χ0v) is 15.4. The fraction of sp³-hybridized carbons (Fsp3) is 0.200. The van der Waals surface area contributed by atoms with E-state index >= 15 is 0 Å². The smallest absolute Gasteiger partial charge is 0.418 e. The van der Waals surface area contributed by atoms with Gasteiger partial charge in [-0.1, -0.05) is 60.7 Å². The van der Waals surface area contributed by atoms with Gasteiger partial charge in [-0.05, 0) is 11.1 Å². The first-order valence-corrected chi connectivity index (χ1v) is 8.60. The highest BCUT2D eigenvalue weighted by atomic mass is 16.6. The molecule has 0 spiro atoms. The predicted molar refractivity (Wildman–Crippen MR) is 100 cm³/mol. The Hall–Kier alpha value is -3.72. The molecule has 1 unspecified atom stereocenters. The lowest BCUT2D eigenvalue weighted by atomic mass is 10.2. The quantitative estimate of drug-likeness (QED) is 0.500. The van der Waals surface area contributed by atoms with Crippen LogP contribution in [0.2, 0.25) is 0 Å². The maximum atomic E-state index is 12.4. The number of ether oxygens (including phenoxy) is 2. The van der Waals surface area contributed by atoms with E-state index in [-0.39, 0.29) is 18.1 Å². The number of hydrogen-bond acceptors (Lipinski definition) is 7. The van der Waals surface area contributed by atoms with Gasteiger partial charge in [0, 0.05) is 0 Å². The first kappa shape index (κ1) is 21.6. The Kier molecular flexibility index (Phi) is 7.87. The van der Waals surface area contributed by atoms with Gasteiger partial charge in [-0.3, -0.25) is 4.79 Å². The van der Waals surface area contributed by atoms with E-state index in [4.69, 9.17) is 15.2 Å². The molecule has 0 heterocycles. The van der Waals surface area contributed by atoms with Crippen LogP contribution in [0.5, 0.6) is 0 Å². The molecule has 0 aliphatic carbocycles. The second-order valence-electron chi connectivity index (χ2n) is 5.84. The maximum absolute atomic E-state index is 12.4. The van der Waals surface area contributed by atoms with E-state index in [0.717, 1.165) is 0 Å². The molecule has 152 valence electrons. The van der Waals surface area contributed by atoms with E-state index in [0.29, 0.717) is 11.1 Å². The molecule has 9 heteroatoms. The monoisotopic (exact) mass is 400 g/mol. The zero-order chi connectivity index (χ0) is 21.2. The minimum Gasteiger partial charge on any atom is -0.479 e. The van der Waals surface area contributed by atoms with Crippen molar-refractivity contribution in [2.45, 2.75) is 19.3 Å². The van der Waals surface area contributed by atoms with E-state index < -0.39 is 36.5 Å². The summed E-state index contributed by atoms with van der Waals surface area (Å²) < 4.78 is 9.97. The summed E-state index contributed by atoms with van der Waals surface area (Å²) in [4.78, 5) is 48.7. The summed E-state index contributed by atoms with van der Waals surface area (Å²) in [5.41, 5.74) is 6.49. The second kappa shape index (κ2) is 10.6. The van der Waals surface area contributed by atoms with Crippen molar-refractivity contribution >= 4 is 23.9 Å². The topological polar surface area (TPSA) is 136 Å². The molecule has 29 heavy (non-hydrogen) atoms. The van der Waals surface area contributed by atoms with Crippen LogP contribution in [0.15, 0.2) is 60.7 Å². The summed E-state index contributed by atoms with van der Waals surface area (Å²) >= 11 is 0. The molecule has 1 atom stereocenters. The third-order valence-corrected chi connectivity index (χ3v) is 3.78. The van der Waals surface area contributed by atoms with E-state index in [1.54, 1.807) is 60.7 Å². The highest BCUT2D eigenvalue weighted by molar-refractivity contribution is 6.07. The Morgan fingerprint density at radius 2 is 1.34 bits per heavy atom. The fourth-order valence-electron chi connectivity index (χ4n) is 2.36. The van der Waals surface area contributed by atoms with Gasteiger partial charge in [0.25, 0.3) is 0 Å². The van der Waals surface area contributed by atoms with Gasteiger partial charge in [-0.2, -0.15) is 0 Å². The van der Waals surface area contributed by atoms with Gasteiger partial charge < -0.3 is 20.3 Å². The molecule has 2 rings (SSSR count). The van der Waals surface area contributed by atoms with Crippen molar-refractivity contribution in [3.8, 4) is 0 Å². The standard InChI is InChI=1S/C20H20N2O7/c21-11-16(23)22(20(27)29-13-15-9-5-2-6-10-15)17(18(24)25)19(26)28-12-14-7-3-1-4-8-14/h1-10,17H,11-13,21H2,(H,24,25). The van der Waals surface area contributed by atoms with Crippen LogP contribution in [0.3, 0.4) is 0 Å². The Bertz CT molecular complexity index is 856. The van der Waals surface area contributed by atoms with Gasteiger partial charge in [-0.15, -0.1) is 0 Å². The van der Waals surface area contributed by atoms with E-state index in [2.05, 4.69) is 0 Å². The lowest BCUT2D eigenvalue weighted by Gasteiger charge is -2.24. The van der Waals surface area contributed by atoms with Crippen LogP contribution in [0.25, 0.3) is 0 Å². The van der Waals surface area contributed by atoms with E-state index in [1.807, 2.05) is 0 Å². The number of nitrogens with two attached hydrogens (primary N) is 1. The van der Waals surface area contributed by atoms with Crippen LogP contribution < -0.4 is 5.73 Å². The van der Waals surface area contributed by atoms with Gasteiger partial charge in [0.15, 0.2) is 0 Å². The molecule has 0 saturated carbocycles. The van der Waals surface area contributed by atoms with Crippen LogP contribution in [-0.2, 0) is 37.1 Å². The van der Waals surface area contributed by atoms with Crippen molar-refractivity contribution in [2.75, 3.05) is 6.54 Å². The minimum absolute atomic E-state index is 0.165. The number of carbonyl (C=O) groups excluding carboxylic acids is 3. The van der Waals surface area contributed by atoms with Gasteiger partial charge in [-0.25, -0.2) is 19.3 Å². The number of carbonyl (C=O) groups is 4. The normalized spacial score (nSPS) is 11.2. The summed E-state index contributed by atoms with van der Waals surface area (Å²) in [6, 6.07) is 14.8. The van der Waals surface area contributed by atoms with Crippen LogP contribution >= 0.6 is 0 Å². The van der Waals surface area contributed by atoms with Gasteiger partial charge in [0.2, 0.25) is 11.9 Å². The number of aliphatic carboxylic acids is 1. The lowest BCUT2D eigenvalue weighted by molar-refractivity contribution is -0.164. The average molecular weight is 400 g/mol. The number of rotatable bonds is 8. The Balaban J connectivity index is 2.14. The van der Waals surface area contributed by atoms with E-state index in [1.165, 1.54) is 0 Å². The largest absolute Gasteiger partial charge is 0.479 e. The van der Waals surface area contributed by atoms with Gasteiger partial charge in [0.1, 0.15) is 13.2 Å². The van der Waals surface area contributed by atoms with Crippen molar-refractivity contribution in [3.05, 3.63) is 71.8 Å². The molecule has 0 radical (unpaired) electrons. The minimum atomic E-state index is -2.22. The maximum Gasteiger partial charge on any atom is 0.418 e. The van der Waals surface area contributed by atoms with Crippen molar-refractivity contribution in [1.82, 2.24) is 4.90 Å². The summed E-state index contributed by atoms with van der Waals surface area (Å²) in [5.74, 6) is -4.13. The van der Waals surface area contributed by atoms with Crippen LogP contribution in [0.1, 0.15) is 11.1 Å². The van der Waals surface area contributed by atoms with Gasteiger partial charge in [0.05, 0.1) is 6.54 Å².